The summed E-state index contributed by atoms with van der Waals surface area (Å²) < 4.78 is 0. The van der Waals surface area contributed by atoms with Crippen LogP contribution in [0.15, 0.2) is 30.5 Å². The maximum absolute atomic E-state index is 12.8. The summed E-state index contributed by atoms with van der Waals surface area (Å²) >= 11 is 12.1. The molecule has 1 aromatic rings. The highest BCUT2D eigenvalue weighted by Crippen LogP contribution is 2.30. The van der Waals surface area contributed by atoms with Crippen molar-refractivity contribution in [1.82, 2.24) is 4.90 Å². The number of nitrogens with zero attached hydrogens (tertiary/aromatic N) is 1. The van der Waals surface area contributed by atoms with Crippen LogP contribution < -0.4 is 11.1 Å². The van der Waals surface area contributed by atoms with Gasteiger partial charge in [-0.3, -0.25) is 4.79 Å². The molecule has 3 rings (SSSR count). The van der Waals surface area contributed by atoms with Crippen LogP contribution in [0.5, 0.6) is 0 Å². The van der Waals surface area contributed by atoms with Gasteiger partial charge in [-0.05, 0) is 56.2 Å². The molecule has 0 unspecified atom stereocenters. The molecule has 0 radical (unpaired) electrons. The van der Waals surface area contributed by atoms with Gasteiger partial charge in [0.25, 0.3) is 0 Å². The molecule has 1 aliphatic carbocycles. The van der Waals surface area contributed by atoms with E-state index in [1.54, 1.807) is 6.07 Å². The monoisotopic (exact) mass is 409 g/mol. The largest absolute Gasteiger partial charge is 0.359 e. The number of allylic oxidation sites excluding steroid dienone is 1. The quantitative estimate of drug-likeness (QED) is 0.713. The molecule has 0 spiro atoms. The molecule has 1 aliphatic heterocycles. The van der Waals surface area contributed by atoms with Crippen LogP contribution in [-0.2, 0) is 4.79 Å². The number of benzene rings is 1. The number of carbonyl (C=O) groups excluding carboxylic acids is 1. The first-order chi connectivity index (χ1) is 12.9. The topological polar surface area (TPSA) is 58.4 Å². The molecule has 1 saturated heterocycles. The van der Waals surface area contributed by atoms with Gasteiger partial charge in [0.2, 0.25) is 5.91 Å². The van der Waals surface area contributed by atoms with Crippen LogP contribution in [0.4, 0.5) is 5.69 Å². The van der Waals surface area contributed by atoms with Crippen molar-refractivity contribution in [3.05, 3.63) is 40.5 Å². The van der Waals surface area contributed by atoms with Gasteiger partial charge in [0.1, 0.15) is 0 Å². The Bertz CT molecular complexity index is 666. The average Bonchev–Trinajstić information content (AvgIpc) is 2.61. The number of anilines is 1. The second-order valence-corrected chi connectivity index (χ2v) is 8.79. The molecule has 0 aromatic heterocycles. The molecule has 1 amide bonds. The normalized spacial score (nSPS) is 23.9. The van der Waals surface area contributed by atoms with Gasteiger partial charge in [0.15, 0.2) is 0 Å². The first-order valence-electron chi connectivity index (χ1n) is 9.87. The molecule has 3 N–H and O–H groups in total. The molecule has 4 nitrogen and oxygen atoms in total. The van der Waals surface area contributed by atoms with Crippen LogP contribution >= 0.6 is 23.2 Å². The minimum Gasteiger partial charge on any atom is -0.359 e. The summed E-state index contributed by atoms with van der Waals surface area (Å²) in [6.45, 7) is 5.79. The van der Waals surface area contributed by atoms with Crippen molar-refractivity contribution >= 4 is 34.8 Å². The van der Waals surface area contributed by atoms with Crippen molar-refractivity contribution in [2.24, 2.45) is 17.6 Å². The number of amides is 1. The molecule has 148 valence electrons. The molecule has 2 fully saturated rings. The molecule has 0 bridgehead atoms. The Hall–Kier alpha value is -1.23. The van der Waals surface area contributed by atoms with Gasteiger partial charge in [-0.1, -0.05) is 42.6 Å². The van der Waals surface area contributed by atoms with Crippen molar-refractivity contribution in [1.29, 1.82) is 0 Å². The third-order valence-corrected chi connectivity index (χ3v) is 6.22. The number of nitrogens with one attached hydrogen (secondary N) is 1. The number of carbonyl (C=O) groups is 1. The summed E-state index contributed by atoms with van der Waals surface area (Å²) in [5.41, 5.74) is 8.00. The highest BCUT2D eigenvalue weighted by Gasteiger charge is 2.33. The minimum atomic E-state index is 0.0273. The number of piperidine rings is 1. The second kappa shape index (κ2) is 9.31. The van der Waals surface area contributed by atoms with Crippen LogP contribution in [0.3, 0.4) is 0 Å². The molecule has 6 heteroatoms. The summed E-state index contributed by atoms with van der Waals surface area (Å²) in [5.74, 6) is 0.828. The molecular weight excluding hydrogens is 381 g/mol. The Morgan fingerprint density at radius 2 is 1.74 bits per heavy atom. The Morgan fingerprint density at radius 1 is 1.11 bits per heavy atom. The number of rotatable bonds is 5. The fourth-order valence-electron chi connectivity index (χ4n) is 4.29. The lowest BCUT2D eigenvalue weighted by Gasteiger charge is -2.37. The first kappa shape index (κ1) is 20.5. The van der Waals surface area contributed by atoms with Crippen LogP contribution in [-0.4, -0.2) is 29.9 Å². The lowest BCUT2D eigenvalue weighted by molar-refractivity contribution is -0.138. The molecule has 2 aliphatic rings. The Kier molecular flexibility index (Phi) is 7.07. The van der Waals surface area contributed by atoms with E-state index in [-0.39, 0.29) is 17.9 Å². The fraction of sp³-hybridized carbons (Fsp3) is 0.571. The molecular formula is C21H29Cl2N3O. The van der Waals surface area contributed by atoms with Crippen LogP contribution in [0.2, 0.25) is 10.0 Å². The van der Waals surface area contributed by atoms with E-state index in [1.165, 1.54) is 0 Å². The third kappa shape index (κ3) is 5.63. The van der Waals surface area contributed by atoms with Crippen molar-refractivity contribution in [2.45, 2.75) is 51.0 Å². The Morgan fingerprint density at radius 3 is 2.37 bits per heavy atom. The van der Waals surface area contributed by atoms with Gasteiger partial charge >= 0.3 is 0 Å². The van der Waals surface area contributed by atoms with Crippen LogP contribution in [0.1, 0.15) is 44.9 Å². The van der Waals surface area contributed by atoms with E-state index in [0.29, 0.717) is 16.0 Å². The zero-order valence-electron chi connectivity index (χ0n) is 15.7. The van der Waals surface area contributed by atoms with Crippen molar-refractivity contribution in [3.63, 3.8) is 0 Å². The third-order valence-electron chi connectivity index (χ3n) is 5.78. The van der Waals surface area contributed by atoms with Gasteiger partial charge in [0.05, 0.1) is 5.92 Å². The number of hydrogen-bond acceptors (Lipinski definition) is 3. The number of hydrogen-bond donors (Lipinski definition) is 2. The first-order valence-corrected chi connectivity index (χ1v) is 10.6. The smallest absolute Gasteiger partial charge is 0.227 e. The zero-order valence-corrected chi connectivity index (χ0v) is 17.2. The molecule has 1 saturated carbocycles. The summed E-state index contributed by atoms with van der Waals surface area (Å²) in [6, 6.07) is 5.43. The van der Waals surface area contributed by atoms with Crippen LogP contribution in [0, 0.1) is 11.8 Å². The molecule has 1 heterocycles. The standard InChI is InChI=1S/C21H29Cl2N3O/c1-14(25-18-12-16(22)11-17(23)13-18)10-15-6-8-26(9-7-15)21(27)19-4-2-3-5-20(19)24/h11-13,15,19-20,25H,1-10,24H2/t19-,20-/m0/s1. The summed E-state index contributed by atoms with van der Waals surface area (Å²) in [6.07, 6.45) is 7.10. The van der Waals surface area contributed by atoms with Gasteiger partial charge in [-0.15, -0.1) is 0 Å². The number of nitrogens with two attached hydrogens (primary N) is 1. The fourth-order valence-corrected chi connectivity index (χ4v) is 4.81. The molecule has 27 heavy (non-hydrogen) atoms. The second-order valence-electron chi connectivity index (χ2n) is 7.91. The molecule has 1 aromatic carbocycles. The van der Waals surface area contributed by atoms with Crippen molar-refractivity contribution in [3.8, 4) is 0 Å². The summed E-state index contributed by atoms with van der Waals surface area (Å²) in [4.78, 5) is 14.8. The van der Waals surface area contributed by atoms with Crippen molar-refractivity contribution < 1.29 is 4.79 Å². The van der Waals surface area contributed by atoms with E-state index in [1.807, 2.05) is 17.0 Å². The summed E-state index contributed by atoms with van der Waals surface area (Å²) in [5, 5.41) is 4.51. The number of likely N-dealkylation sites (tertiary alicyclic amines) is 1. The maximum Gasteiger partial charge on any atom is 0.227 e. The number of halogens is 2. The Labute approximate surface area is 172 Å². The van der Waals surface area contributed by atoms with Gasteiger partial charge in [-0.2, -0.15) is 0 Å². The lowest BCUT2D eigenvalue weighted by Crippen LogP contribution is -2.48. The lowest BCUT2D eigenvalue weighted by atomic mass is 9.83. The van der Waals surface area contributed by atoms with Crippen LogP contribution in [0.25, 0.3) is 0 Å². The van der Waals surface area contributed by atoms with E-state index in [9.17, 15) is 4.79 Å². The van der Waals surface area contributed by atoms with E-state index in [2.05, 4.69) is 11.9 Å². The highest BCUT2D eigenvalue weighted by molar-refractivity contribution is 6.35. The summed E-state index contributed by atoms with van der Waals surface area (Å²) in [7, 11) is 0. The van der Waals surface area contributed by atoms with E-state index in [0.717, 1.165) is 69.4 Å². The predicted molar refractivity (Wildman–Crippen MR) is 113 cm³/mol. The molecule has 2 atom stereocenters. The SMILES string of the molecule is C=C(CC1CCN(C(=O)[C@H]2CCCC[C@@H]2N)CC1)Nc1cc(Cl)cc(Cl)c1. The van der Waals surface area contributed by atoms with E-state index >= 15 is 0 Å². The van der Waals surface area contributed by atoms with Gasteiger partial charge in [0, 0.05) is 40.6 Å². The Balaban J connectivity index is 1.46. The van der Waals surface area contributed by atoms with Crippen molar-refractivity contribution in [2.75, 3.05) is 18.4 Å². The minimum absolute atomic E-state index is 0.0273. The average molecular weight is 410 g/mol. The highest BCUT2D eigenvalue weighted by atomic mass is 35.5. The van der Waals surface area contributed by atoms with E-state index in [4.69, 9.17) is 28.9 Å². The maximum atomic E-state index is 12.8. The predicted octanol–water partition coefficient (Wildman–Crippen LogP) is 5.07. The van der Waals surface area contributed by atoms with Gasteiger partial charge in [-0.25, -0.2) is 0 Å². The van der Waals surface area contributed by atoms with E-state index < -0.39 is 0 Å². The zero-order chi connectivity index (χ0) is 19.4. The van der Waals surface area contributed by atoms with Gasteiger partial charge < -0.3 is 16.0 Å².